The Hall–Kier alpha value is -2.15. The first-order valence-corrected chi connectivity index (χ1v) is 9.82. The number of rotatable bonds is 6. The van der Waals surface area contributed by atoms with Crippen LogP contribution in [0.4, 0.5) is 4.79 Å². The Morgan fingerprint density at radius 2 is 1.89 bits per heavy atom. The molecule has 2 fully saturated rings. The van der Waals surface area contributed by atoms with Crippen LogP contribution in [0.25, 0.3) is 0 Å². The van der Waals surface area contributed by atoms with Gasteiger partial charge in [-0.3, -0.25) is 10.1 Å². The Morgan fingerprint density at radius 1 is 1.19 bits per heavy atom. The second-order valence-electron chi connectivity index (χ2n) is 7.68. The topological polar surface area (TPSA) is 92.9 Å². The highest BCUT2D eigenvalue weighted by atomic mass is 16.6. The number of amides is 1. The number of piperidine rings is 1. The van der Waals surface area contributed by atoms with Crippen molar-refractivity contribution in [1.82, 2.24) is 4.90 Å². The van der Waals surface area contributed by atoms with E-state index in [0.29, 0.717) is 25.3 Å². The van der Waals surface area contributed by atoms with Crippen molar-refractivity contribution in [3.63, 3.8) is 0 Å². The van der Waals surface area contributed by atoms with Crippen LogP contribution >= 0.6 is 0 Å². The molecule has 7 nitrogen and oxygen atoms in total. The summed E-state index contributed by atoms with van der Waals surface area (Å²) in [5.74, 6) is 0.281. The first kappa shape index (κ1) is 19.6. The molecule has 1 N–H and O–H groups in total. The lowest BCUT2D eigenvalue weighted by Gasteiger charge is -2.39. The van der Waals surface area contributed by atoms with Gasteiger partial charge in [0, 0.05) is 17.4 Å². The molecule has 0 bridgehead atoms. The summed E-state index contributed by atoms with van der Waals surface area (Å²) >= 11 is 0. The fourth-order valence-electron chi connectivity index (χ4n) is 4.53. The van der Waals surface area contributed by atoms with Crippen molar-refractivity contribution in [2.45, 2.75) is 56.6 Å². The Kier molecular flexibility index (Phi) is 6.66. The molecule has 27 heavy (non-hydrogen) atoms. The number of hydrogen-bond donors (Lipinski definition) is 1. The Balaban J connectivity index is 1.54. The molecule has 1 saturated heterocycles. The largest absolute Gasteiger partial charge is 0.465 e. The fourth-order valence-corrected chi connectivity index (χ4v) is 4.53. The van der Waals surface area contributed by atoms with Crippen LogP contribution < -0.4 is 0 Å². The Labute approximate surface area is 159 Å². The lowest BCUT2D eigenvalue weighted by molar-refractivity contribution is -0.490. The third-order valence-corrected chi connectivity index (χ3v) is 6.00. The van der Waals surface area contributed by atoms with Crippen LogP contribution in [-0.2, 0) is 4.74 Å². The summed E-state index contributed by atoms with van der Waals surface area (Å²) in [6.45, 7) is 0.488. The summed E-state index contributed by atoms with van der Waals surface area (Å²) in [7, 11) is 0. The molecule has 0 aromatic heterocycles. The van der Waals surface area contributed by atoms with Crippen molar-refractivity contribution in [3.05, 3.63) is 46.0 Å². The summed E-state index contributed by atoms with van der Waals surface area (Å²) in [5, 5.41) is 20.4. The van der Waals surface area contributed by atoms with Crippen molar-refractivity contribution in [2.24, 2.45) is 5.92 Å². The summed E-state index contributed by atoms with van der Waals surface area (Å²) in [6, 6.07) is 10.1. The van der Waals surface area contributed by atoms with Crippen LogP contribution in [0, 0.1) is 16.0 Å². The highest BCUT2D eigenvalue weighted by Crippen LogP contribution is 2.34. The van der Waals surface area contributed by atoms with Crippen LogP contribution in [0.2, 0.25) is 0 Å². The second kappa shape index (κ2) is 9.17. The molecular formula is C20H28N2O5. The third-order valence-electron chi connectivity index (χ3n) is 6.00. The molecule has 1 aromatic carbocycles. The Morgan fingerprint density at radius 3 is 2.52 bits per heavy atom. The van der Waals surface area contributed by atoms with Crippen molar-refractivity contribution < 1.29 is 19.6 Å². The van der Waals surface area contributed by atoms with E-state index in [1.807, 2.05) is 6.07 Å². The predicted octanol–water partition coefficient (Wildman–Crippen LogP) is 3.76. The number of carbonyl (C=O) groups is 1. The fraction of sp³-hybridized carbons (Fsp3) is 0.650. The summed E-state index contributed by atoms with van der Waals surface area (Å²) < 4.78 is 6.07. The van der Waals surface area contributed by atoms with E-state index >= 15 is 0 Å². The van der Waals surface area contributed by atoms with Gasteiger partial charge in [-0.1, -0.05) is 30.3 Å². The van der Waals surface area contributed by atoms with E-state index in [4.69, 9.17) is 4.74 Å². The van der Waals surface area contributed by atoms with Crippen LogP contribution in [0.15, 0.2) is 30.3 Å². The molecule has 1 amide bonds. The maximum absolute atomic E-state index is 11.5. The minimum absolute atomic E-state index is 0.110. The quantitative estimate of drug-likeness (QED) is 0.603. The van der Waals surface area contributed by atoms with E-state index in [0.717, 1.165) is 25.7 Å². The zero-order chi connectivity index (χ0) is 19.2. The monoisotopic (exact) mass is 376 g/mol. The van der Waals surface area contributed by atoms with Gasteiger partial charge in [-0.2, -0.15) is 0 Å². The van der Waals surface area contributed by atoms with Crippen molar-refractivity contribution in [1.29, 1.82) is 0 Å². The lowest BCUT2D eigenvalue weighted by atomic mass is 9.82. The minimum atomic E-state index is -1.01. The van der Waals surface area contributed by atoms with Crippen molar-refractivity contribution in [3.8, 4) is 0 Å². The number of carboxylic acid groups (broad SMARTS) is 1. The van der Waals surface area contributed by atoms with Gasteiger partial charge in [0.15, 0.2) is 0 Å². The molecule has 0 spiro atoms. The molecule has 0 radical (unpaired) electrons. The van der Waals surface area contributed by atoms with Gasteiger partial charge < -0.3 is 14.7 Å². The van der Waals surface area contributed by atoms with Gasteiger partial charge in [0.1, 0.15) is 0 Å². The molecule has 3 rings (SSSR count). The van der Waals surface area contributed by atoms with E-state index in [1.165, 1.54) is 10.5 Å². The van der Waals surface area contributed by atoms with Crippen molar-refractivity contribution in [2.75, 3.05) is 19.7 Å². The maximum atomic E-state index is 11.5. The summed E-state index contributed by atoms with van der Waals surface area (Å²) in [5.41, 5.74) is 1.37. The van der Waals surface area contributed by atoms with E-state index in [2.05, 4.69) is 24.3 Å². The summed E-state index contributed by atoms with van der Waals surface area (Å²) in [4.78, 5) is 23.5. The first-order valence-electron chi connectivity index (χ1n) is 9.82. The molecule has 2 unspecified atom stereocenters. The SMILES string of the molecule is O=C(O)N1CCCC(C[N+](=O)[O-])C1COC1CCC(c2ccccc2)CC1. The number of benzene rings is 1. The summed E-state index contributed by atoms with van der Waals surface area (Å²) in [6.07, 6.45) is 4.45. The lowest BCUT2D eigenvalue weighted by Crippen LogP contribution is -2.52. The van der Waals surface area contributed by atoms with Gasteiger partial charge in [0.25, 0.3) is 0 Å². The number of ether oxygens (including phenoxy) is 1. The van der Waals surface area contributed by atoms with Crippen LogP contribution in [0.1, 0.15) is 50.0 Å². The molecule has 1 aliphatic carbocycles. The highest BCUT2D eigenvalue weighted by molar-refractivity contribution is 5.65. The minimum Gasteiger partial charge on any atom is -0.465 e. The predicted molar refractivity (Wildman–Crippen MR) is 100 cm³/mol. The normalized spacial score (nSPS) is 28.7. The zero-order valence-corrected chi connectivity index (χ0v) is 15.5. The second-order valence-corrected chi connectivity index (χ2v) is 7.68. The number of nitrogens with zero attached hydrogens (tertiary/aromatic N) is 2. The molecular weight excluding hydrogens is 348 g/mol. The van der Waals surface area contributed by atoms with Gasteiger partial charge in [-0.05, 0) is 50.0 Å². The van der Waals surface area contributed by atoms with E-state index < -0.39 is 12.1 Å². The smallest absolute Gasteiger partial charge is 0.407 e. The maximum Gasteiger partial charge on any atom is 0.407 e. The molecule has 1 saturated carbocycles. The van der Waals surface area contributed by atoms with Gasteiger partial charge >= 0.3 is 6.09 Å². The number of likely N-dealkylation sites (tertiary alicyclic amines) is 1. The van der Waals surface area contributed by atoms with Gasteiger partial charge in [0.05, 0.1) is 18.8 Å². The molecule has 148 valence electrons. The highest BCUT2D eigenvalue weighted by Gasteiger charge is 2.38. The average Bonchev–Trinajstić information content (AvgIpc) is 2.67. The standard InChI is InChI=1S/C20H28N2O5/c23-20(24)21-12-4-7-17(13-22(25)26)19(21)14-27-18-10-8-16(9-11-18)15-5-2-1-3-6-15/h1-3,5-6,16-19H,4,7-14H2,(H,23,24). The van der Waals surface area contributed by atoms with Gasteiger partial charge in [-0.25, -0.2) is 4.79 Å². The number of hydrogen-bond acceptors (Lipinski definition) is 4. The molecule has 1 heterocycles. The van der Waals surface area contributed by atoms with Gasteiger partial charge in [0.2, 0.25) is 6.54 Å². The zero-order valence-electron chi connectivity index (χ0n) is 15.5. The third kappa shape index (κ3) is 5.19. The van der Waals surface area contributed by atoms with E-state index in [1.54, 1.807) is 0 Å². The number of nitro groups is 1. The Bertz CT molecular complexity index is 631. The van der Waals surface area contributed by atoms with Crippen LogP contribution in [0.3, 0.4) is 0 Å². The van der Waals surface area contributed by atoms with Crippen LogP contribution in [0.5, 0.6) is 0 Å². The molecule has 7 heteroatoms. The van der Waals surface area contributed by atoms with E-state index in [9.17, 15) is 20.0 Å². The molecule has 1 aliphatic heterocycles. The average molecular weight is 376 g/mol. The molecule has 2 aliphatic rings. The van der Waals surface area contributed by atoms with Gasteiger partial charge in [-0.15, -0.1) is 0 Å². The van der Waals surface area contributed by atoms with Crippen molar-refractivity contribution >= 4 is 6.09 Å². The van der Waals surface area contributed by atoms with Crippen LogP contribution in [-0.4, -0.2) is 52.9 Å². The first-order chi connectivity index (χ1) is 13.0. The molecule has 2 atom stereocenters. The van der Waals surface area contributed by atoms with E-state index in [-0.39, 0.29) is 30.1 Å². The molecule has 1 aromatic rings.